The molecule has 0 radical (unpaired) electrons. The van der Waals surface area contributed by atoms with E-state index >= 15 is 0 Å². The third-order valence-electron chi connectivity index (χ3n) is 4.18. The zero-order valence-electron chi connectivity index (χ0n) is 12.5. The minimum absolute atomic E-state index is 0.465. The predicted octanol–water partition coefficient (Wildman–Crippen LogP) is 4.71. The van der Waals surface area contributed by atoms with Gasteiger partial charge in [-0.3, -0.25) is 0 Å². The van der Waals surface area contributed by atoms with E-state index in [1.54, 1.807) is 0 Å². The van der Waals surface area contributed by atoms with Gasteiger partial charge in [0.25, 0.3) is 0 Å². The van der Waals surface area contributed by atoms with E-state index in [9.17, 15) is 0 Å². The Morgan fingerprint density at radius 2 is 1.74 bits per heavy atom. The lowest BCUT2D eigenvalue weighted by molar-refractivity contribution is 0.510. The smallest absolute Gasteiger partial charge is 0.0435 e. The number of rotatable bonds is 5. The zero-order valence-corrected chi connectivity index (χ0v) is 13.3. The molecule has 1 aromatic rings. The van der Waals surface area contributed by atoms with Crippen molar-refractivity contribution in [2.75, 3.05) is 7.05 Å². The van der Waals surface area contributed by atoms with Crippen LogP contribution in [-0.4, -0.2) is 17.5 Å². The maximum Gasteiger partial charge on any atom is 0.0435 e. The Labute approximate surface area is 122 Å². The summed E-state index contributed by atoms with van der Waals surface area (Å²) >= 11 is 2.19. The molecule has 1 nitrogen and oxygen atoms in total. The van der Waals surface area contributed by atoms with Crippen molar-refractivity contribution in [3.63, 3.8) is 0 Å². The van der Waals surface area contributed by atoms with Crippen molar-refractivity contribution in [3.05, 3.63) is 35.4 Å². The fraction of sp³-hybridized carbons (Fsp3) is 0.647. The fourth-order valence-electron chi connectivity index (χ4n) is 3.03. The van der Waals surface area contributed by atoms with Crippen LogP contribution in [0.25, 0.3) is 0 Å². The van der Waals surface area contributed by atoms with Crippen LogP contribution in [0.4, 0.5) is 0 Å². The quantitative estimate of drug-likeness (QED) is 0.836. The molecule has 0 heterocycles. The van der Waals surface area contributed by atoms with Crippen LogP contribution in [-0.2, 0) is 0 Å². The van der Waals surface area contributed by atoms with E-state index in [-0.39, 0.29) is 0 Å². The van der Waals surface area contributed by atoms with Gasteiger partial charge in [0.1, 0.15) is 0 Å². The van der Waals surface area contributed by atoms with Crippen molar-refractivity contribution in [1.82, 2.24) is 5.32 Å². The highest BCUT2D eigenvalue weighted by atomic mass is 32.2. The van der Waals surface area contributed by atoms with Crippen LogP contribution in [0.2, 0.25) is 0 Å². The second-order valence-corrected chi connectivity index (χ2v) is 7.46. The lowest BCUT2D eigenvalue weighted by Gasteiger charge is -2.29. The number of hydrogen-bond donors (Lipinski definition) is 1. The van der Waals surface area contributed by atoms with Gasteiger partial charge in [-0.2, -0.15) is 11.8 Å². The molecule has 0 saturated heterocycles. The summed E-state index contributed by atoms with van der Waals surface area (Å²) in [6.45, 7) is 4.53. The van der Waals surface area contributed by atoms with E-state index in [2.05, 4.69) is 62.2 Å². The zero-order chi connectivity index (χ0) is 13.7. The van der Waals surface area contributed by atoms with E-state index in [4.69, 9.17) is 0 Å². The summed E-state index contributed by atoms with van der Waals surface area (Å²) in [6.07, 6.45) is 7.13. The van der Waals surface area contributed by atoms with Crippen LogP contribution in [0.15, 0.2) is 24.3 Å². The summed E-state index contributed by atoms with van der Waals surface area (Å²) in [5.74, 6) is 0. The van der Waals surface area contributed by atoms with Crippen molar-refractivity contribution in [1.29, 1.82) is 0 Å². The van der Waals surface area contributed by atoms with Crippen LogP contribution < -0.4 is 5.32 Å². The first-order chi connectivity index (χ1) is 9.20. The molecule has 0 aromatic heterocycles. The summed E-state index contributed by atoms with van der Waals surface area (Å²) in [6, 6.07) is 9.45. The van der Waals surface area contributed by atoms with Gasteiger partial charge >= 0.3 is 0 Å². The summed E-state index contributed by atoms with van der Waals surface area (Å²) in [4.78, 5) is 0. The minimum atomic E-state index is 0.465. The molecule has 2 atom stereocenters. The molecule has 19 heavy (non-hydrogen) atoms. The highest BCUT2D eigenvalue weighted by Crippen LogP contribution is 2.35. The van der Waals surface area contributed by atoms with E-state index in [0.29, 0.717) is 11.3 Å². The Bertz CT molecular complexity index is 367. The van der Waals surface area contributed by atoms with Gasteiger partial charge in [0.05, 0.1) is 0 Å². The monoisotopic (exact) mass is 277 g/mol. The molecule has 1 aliphatic carbocycles. The average Bonchev–Trinajstić information content (AvgIpc) is 2.43. The van der Waals surface area contributed by atoms with Crippen LogP contribution in [0.1, 0.15) is 56.2 Å². The third kappa shape index (κ3) is 4.25. The lowest BCUT2D eigenvalue weighted by Crippen LogP contribution is -2.27. The topological polar surface area (TPSA) is 12.0 Å². The van der Waals surface area contributed by atoms with Crippen molar-refractivity contribution in [2.45, 2.75) is 62.5 Å². The number of benzene rings is 1. The summed E-state index contributed by atoms with van der Waals surface area (Å²) in [5, 5.41) is 5.02. The molecule has 1 saturated carbocycles. The molecule has 1 aromatic carbocycles. The Kier molecular flexibility index (Phi) is 5.77. The Balaban J connectivity index is 1.97. The number of nitrogens with one attached hydrogen (secondary N) is 1. The molecule has 2 unspecified atom stereocenters. The molecule has 0 bridgehead atoms. The van der Waals surface area contributed by atoms with E-state index in [1.165, 1.54) is 43.2 Å². The van der Waals surface area contributed by atoms with E-state index in [0.717, 1.165) is 5.25 Å². The third-order valence-corrected chi connectivity index (χ3v) is 5.73. The van der Waals surface area contributed by atoms with Crippen LogP contribution in [0, 0.1) is 6.92 Å². The first-order valence-electron chi connectivity index (χ1n) is 7.60. The number of thioether (sulfide) groups is 1. The number of hydrogen-bond acceptors (Lipinski definition) is 2. The van der Waals surface area contributed by atoms with Gasteiger partial charge in [0.15, 0.2) is 0 Å². The van der Waals surface area contributed by atoms with E-state index in [1.807, 2.05) is 0 Å². The molecular formula is C17H27NS. The Hall–Kier alpha value is -0.470. The molecule has 0 aliphatic heterocycles. The predicted molar refractivity (Wildman–Crippen MR) is 86.9 cm³/mol. The molecule has 1 aliphatic rings. The van der Waals surface area contributed by atoms with Gasteiger partial charge < -0.3 is 5.32 Å². The van der Waals surface area contributed by atoms with Gasteiger partial charge in [-0.1, -0.05) is 56.0 Å². The van der Waals surface area contributed by atoms with Crippen LogP contribution >= 0.6 is 11.8 Å². The lowest BCUT2D eigenvalue weighted by atomic mass is 10.0. The van der Waals surface area contributed by atoms with Gasteiger partial charge in [0.2, 0.25) is 0 Å². The largest absolute Gasteiger partial charge is 0.312 e. The molecule has 106 valence electrons. The van der Waals surface area contributed by atoms with Gasteiger partial charge in [0, 0.05) is 16.5 Å². The van der Waals surface area contributed by atoms with Crippen molar-refractivity contribution >= 4 is 11.8 Å². The van der Waals surface area contributed by atoms with Crippen molar-refractivity contribution in [3.8, 4) is 0 Å². The Morgan fingerprint density at radius 1 is 1.11 bits per heavy atom. The minimum Gasteiger partial charge on any atom is -0.312 e. The van der Waals surface area contributed by atoms with Gasteiger partial charge in [-0.05, 0) is 32.4 Å². The first kappa shape index (κ1) is 14.9. The van der Waals surface area contributed by atoms with Gasteiger partial charge in [-0.15, -0.1) is 0 Å². The van der Waals surface area contributed by atoms with Crippen LogP contribution in [0.3, 0.4) is 0 Å². The molecule has 2 heteroatoms. The van der Waals surface area contributed by atoms with Crippen molar-refractivity contribution in [2.24, 2.45) is 0 Å². The standard InChI is InChI=1S/C17H27NS/c1-13-9-11-15(12-10-13)17(18-3)14(2)19-16-7-5-4-6-8-16/h9-12,14,16-18H,4-8H2,1-3H3. The SMILES string of the molecule is CNC(c1ccc(C)cc1)C(C)SC1CCCCC1. The van der Waals surface area contributed by atoms with Crippen LogP contribution in [0.5, 0.6) is 0 Å². The van der Waals surface area contributed by atoms with Crippen molar-refractivity contribution < 1.29 is 0 Å². The normalized spacial score (nSPS) is 20.2. The maximum absolute atomic E-state index is 3.51. The molecule has 1 N–H and O–H groups in total. The maximum atomic E-state index is 3.51. The summed E-state index contributed by atoms with van der Waals surface area (Å²) in [5.41, 5.74) is 2.76. The second kappa shape index (κ2) is 7.35. The van der Waals surface area contributed by atoms with Gasteiger partial charge in [-0.25, -0.2) is 0 Å². The first-order valence-corrected chi connectivity index (χ1v) is 8.54. The molecule has 0 spiro atoms. The molecule has 2 rings (SSSR count). The van der Waals surface area contributed by atoms with E-state index < -0.39 is 0 Å². The molecular weight excluding hydrogens is 250 g/mol. The second-order valence-electron chi connectivity index (χ2n) is 5.78. The summed E-state index contributed by atoms with van der Waals surface area (Å²) < 4.78 is 0. The molecule has 0 amide bonds. The summed E-state index contributed by atoms with van der Waals surface area (Å²) in [7, 11) is 2.09. The Morgan fingerprint density at radius 3 is 2.32 bits per heavy atom. The molecule has 1 fully saturated rings. The number of aryl methyl sites for hydroxylation is 1. The average molecular weight is 277 g/mol. The fourth-order valence-corrected chi connectivity index (χ4v) is 4.69. The highest BCUT2D eigenvalue weighted by molar-refractivity contribution is 8.00. The highest BCUT2D eigenvalue weighted by Gasteiger charge is 2.23.